The number of aryl methyl sites for hydroxylation is 1. The Morgan fingerprint density at radius 2 is 2.16 bits per heavy atom. The Labute approximate surface area is 114 Å². The summed E-state index contributed by atoms with van der Waals surface area (Å²) in [5.41, 5.74) is 2.43. The minimum Gasteiger partial charge on any atom is -0.481 e. The van der Waals surface area contributed by atoms with Gasteiger partial charge in [0.25, 0.3) is 0 Å². The van der Waals surface area contributed by atoms with Gasteiger partial charge in [0.1, 0.15) is 0 Å². The number of hydrogen-bond donors (Lipinski definition) is 1. The van der Waals surface area contributed by atoms with Crippen LogP contribution >= 0.6 is 0 Å². The Bertz CT molecular complexity index is 461. The normalized spacial score (nSPS) is 24.5. The first-order valence-corrected chi connectivity index (χ1v) is 6.72. The number of piperazine rings is 1. The van der Waals surface area contributed by atoms with Crippen LogP contribution in [-0.2, 0) is 4.79 Å². The van der Waals surface area contributed by atoms with Crippen LogP contribution in [0.2, 0.25) is 0 Å². The Morgan fingerprint density at radius 1 is 1.42 bits per heavy atom. The highest BCUT2D eigenvalue weighted by Gasteiger charge is 2.30. The topological polar surface area (TPSA) is 43.8 Å². The van der Waals surface area contributed by atoms with Gasteiger partial charge in [-0.25, -0.2) is 0 Å². The number of aliphatic carboxylic acids is 1. The van der Waals surface area contributed by atoms with E-state index in [1.54, 1.807) is 0 Å². The van der Waals surface area contributed by atoms with Gasteiger partial charge in [0.2, 0.25) is 0 Å². The molecule has 1 N–H and O–H groups in total. The van der Waals surface area contributed by atoms with Crippen LogP contribution in [0.25, 0.3) is 0 Å². The van der Waals surface area contributed by atoms with Crippen molar-refractivity contribution in [1.29, 1.82) is 0 Å². The fourth-order valence-electron chi connectivity index (χ4n) is 2.71. The van der Waals surface area contributed by atoms with E-state index in [0.717, 1.165) is 13.1 Å². The van der Waals surface area contributed by atoms with Gasteiger partial charge >= 0.3 is 5.97 Å². The third-order valence-corrected chi connectivity index (χ3v) is 3.96. The predicted molar refractivity (Wildman–Crippen MR) is 76.7 cm³/mol. The first-order chi connectivity index (χ1) is 8.97. The molecule has 2 rings (SSSR count). The van der Waals surface area contributed by atoms with Crippen molar-refractivity contribution in [2.45, 2.75) is 32.4 Å². The zero-order valence-corrected chi connectivity index (χ0v) is 11.8. The van der Waals surface area contributed by atoms with Gasteiger partial charge in [0.15, 0.2) is 0 Å². The summed E-state index contributed by atoms with van der Waals surface area (Å²) in [5.74, 6) is -0.727. The Morgan fingerprint density at radius 3 is 2.79 bits per heavy atom. The molecule has 0 saturated carbocycles. The molecule has 1 aromatic carbocycles. The van der Waals surface area contributed by atoms with Crippen LogP contribution < -0.4 is 4.90 Å². The van der Waals surface area contributed by atoms with Crippen molar-refractivity contribution < 1.29 is 9.90 Å². The number of carboxylic acids is 1. The number of carboxylic acid groups (broad SMARTS) is 1. The quantitative estimate of drug-likeness (QED) is 0.904. The number of likely N-dealkylation sites (N-methyl/N-ethyl adjacent to an activating group) is 1. The van der Waals surface area contributed by atoms with Crippen molar-refractivity contribution in [1.82, 2.24) is 4.90 Å². The lowest BCUT2D eigenvalue weighted by Crippen LogP contribution is -2.56. The summed E-state index contributed by atoms with van der Waals surface area (Å²) >= 11 is 0. The van der Waals surface area contributed by atoms with Crippen molar-refractivity contribution in [2.24, 2.45) is 0 Å². The van der Waals surface area contributed by atoms with Crippen LogP contribution in [-0.4, -0.2) is 48.2 Å². The standard InChI is InChI=1S/C15H22N2O2/c1-11-5-4-6-13(7-11)17-9-12(2)16(3)14(10-17)8-15(18)19/h4-7,12,14H,8-10H2,1-3H3,(H,18,19). The number of benzene rings is 1. The molecule has 4 nitrogen and oxygen atoms in total. The van der Waals surface area contributed by atoms with E-state index in [9.17, 15) is 4.79 Å². The smallest absolute Gasteiger partial charge is 0.305 e. The van der Waals surface area contributed by atoms with E-state index in [4.69, 9.17) is 5.11 Å². The summed E-state index contributed by atoms with van der Waals surface area (Å²) < 4.78 is 0. The van der Waals surface area contributed by atoms with Crippen molar-refractivity contribution in [3.8, 4) is 0 Å². The van der Waals surface area contributed by atoms with Crippen molar-refractivity contribution >= 4 is 11.7 Å². The molecular weight excluding hydrogens is 240 g/mol. The van der Waals surface area contributed by atoms with Gasteiger partial charge in [0, 0.05) is 30.9 Å². The fraction of sp³-hybridized carbons (Fsp3) is 0.533. The van der Waals surface area contributed by atoms with Crippen LogP contribution in [0.3, 0.4) is 0 Å². The van der Waals surface area contributed by atoms with Crippen LogP contribution in [0.4, 0.5) is 5.69 Å². The number of hydrogen-bond acceptors (Lipinski definition) is 3. The molecule has 0 amide bonds. The average molecular weight is 262 g/mol. The van der Waals surface area contributed by atoms with Crippen LogP contribution in [0.5, 0.6) is 0 Å². The van der Waals surface area contributed by atoms with Gasteiger partial charge < -0.3 is 10.0 Å². The number of nitrogens with zero attached hydrogens (tertiary/aromatic N) is 2. The maximum atomic E-state index is 11.0. The molecule has 2 unspecified atom stereocenters. The SMILES string of the molecule is Cc1cccc(N2CC(C)N(C)C(CC(=O)O)C2)c1. The second kappa shape index (κ2) is 5.61. The number of anilines is 1. The first kappa shape index (κ1) is 13.9. The van der Waals surface area contributed by atoms with Crippen LogP contribution in [0.1, 0.15) is 18.9 Å². The molecular formula is C15H22N2O2. The van der Waals surface area contributed by atoms with Crippen LogP contribution in [0.15, 0.2) is 24.3 Å². The monoisotopic (exact) mass is 262 g/mol. The molecule has 0 radical (unpaired) electrons. The van der Waals surface area contributed by atoms with E-state index in [2.05, 4.69) is 47.9 Å². The largest absolute Gasteiger partial charge is 0.481 e. The molecule has 1 aliphatic heterocycles. The Balaban J connectivity index is 2.16. The summed E-state index contributed by atoms with van der Waals surface area (Å²) in [6.07, 6.45) is 0.198. The van der Waals surface area contributed by atoms with Crippen molar-refractivity contribution in [3.05, 3.63) is 29.8 Å². The lowest BCUT2D eigenvalue weighted by molar-refractivity contribution is -0.138. The lowest BCUT2D eigenvalue weighted by atomic mass is 10.0. The summed E-state index contributed by atoms with van der Waals surface area (Å²) in [6.45, 7) is 5.95. The molecule has 2 atom stereocenters. The minimum absolute atomic E-state index is 0.0711. The van der Waals surface area contributed by atoms with Crippen molar-refractivity contribution in [2.75, 3.05) is 25.0 Å². The Hall–Kier alpha value is -1.55. The highest BCUT2D eigenvalue weighted by Crippen LogP contribution is 2.23. The van der Waals surface area contributed by atoms with E-state index < -0.39 is 5.97 Å². The van der Waals surface area contributed by atoms with Gasteiger partial charge in [-0.15, -0.1) is 0 Å². The average Bonchev–Trinajstić information content (AvgIpc) is 2.34. The summed E-state index contributed by atoms with van der Waals surface area (Å²) in [6, 6.07) is 8.83. The highest BCUT2D eigenvalue weighted by molar-refractivity contribution is 5.67. The second-order valence-electron chi connectivity index (χ2n) is 5.51. The number of carbonyl (C=O) groups is 1. The predicted octanol–water partition coefficient (Wildman–Crippen LogP) is 1.98. The molecule has 1 saturated heterocycles. The fourth-order valence-corrected chi connectivity index (χ4v) is 2.71. The molecule has 4 heteroatoms. The van der Waals surface area contributed by atoms with Gasteiger partial charge in [-0.1, -0.05) is 12.1 Å². The van der Waals surface area contributed by atoms with Crippen molar-refractivity contribution in [3.63, 3.8) is 0 Å². The van der Waals surface area contributed by atoms with E-state index in [1.807, 2.05) is 7.05 Å². The maximum Gasteiger partial charge on any atom is 0.305 e. The summed E-state index contributed by atoms with van der Waals surface area (Å²) in [7, 11) is 2.02. The van der Waals surface area contributed by atoms with E-state index in [-0.39, 0.29) is 12.5 Å². The molecule has 1 fully saturated rings. The molecule has 19 heavy (non-hydrogen) atoms. The molecule has 0 bridgehead atoms. The molecule has 104 valence electrons. The highest BCUT2D eigenvalue weighted by atomic mass is 16.4. The summed E-state index contributed by atoms with van der Waals surface area (Å²) in [5, 5.41) is 9.03. The van der Waals surface area contributed by atoms with Gasteiger partial charge in [0.05, 0.1) is 6.42 Å². The summed E-state index contributed by atoms with van der Waals surface area (Å²) in [4.78, 5) is 15.4. The third kappa shape index (κ3) is 3.26. The molecule has 0 aromatic heterocycles. The molecule has 0 aliphatic carbocycles. The minimum atomic E-state index is -0.727. The van der Waals surface area contributed by atoms with E-state index in [0.29, 0.717) is 6.04 Å². The zero-order valence-electron chi connectivity index (χ0n) is 11.8. The van der Waals surface area contributed by atoms with Gasteiger partial charge in [-0.3, -0.25) is 9.69 Å². The zero-order chi connectivity index (χ0) is 14.0. The van der Waals surface area contributed by atoms with Crippen LogP contribution in [0, 0.1) is 6.92 Å². The van der Waals surface area contributed by atoms with E-state index >= 15 is 0 Å². The first-order valence-electron chi connectivity index (χ1n) is 6.72. The maximum absolute atomic E-state index is 11.0. The Kier molecular flexibility index (Phi) is 4.10. The molecule has 1 aliphatic rings. The molecule has 1 aromatic rings. The number of rotatable bonds is 3. The van der Waals surface area contributed by atoms with Gasteiger partial charge in [-0.2, -0.15) is 0 Å². The second-order valence-corrected chi connectivity index (χ2v) is 5.51. The van der Waals surface area contributed by atoms with Gasteiger partial charge in [-0.05, 0) is 38.6 Å². The van der Waals surface area contributed by atoms with E-state index in [1.165, 1.54) is 11.3 Å². The lowest BCUT2D eigenvalue weighted by Gasteiger charge is -2.44. The molecule has 0 spiro atoms. The molecule has 1 heterocycles. The third-order valence-electron chi connectivity index (χ3n) is 3.96.